The molecule has 0 amide bonds. The van der Waals surface area contributed by atoms with Gasteiger partial charge in [-0.2, -0.15) is 0 Å². The van der Waals surface area contributed by atoms with Crippen LogP contribution in [-0.4, -0.2) is 17.9 Å². The van der Waals surface area contributed by atoms with Crippen molar-refractivity contribution in [2.24, 2.45) is 0 Å². The maximum absolute atomic E-state index is 13.5. The van der Waals surface area contributed by atoms with Crippen LogP contribution in [0.15, 0.2) is 36.5 Å². The van der Waals surface area contributed by atoms with Crippen molar-refractivity contribution < 1.29 is 13.9 Å². The maximum Gasteiger partial charge on any atom is 0.212 e. The van der Waals surface area contributed by atoms with E-state index in [2.05, 4.69) is 4.98 Å². The first kappa shape index (κ1) is 12.5. The highest BCUT2D eigenvalue weighted by atomic mass is 35.5. The van der Waals surface area contributed by atoms with Gasteiger partial charge in [0.2, 0.25) is 5.78 Å². The number of ketones is 1. The highest BCUT2D eigenvalue weighted by Gasteiger charge is 2.15. The van der Waals surface area contributed by atoms with Crippen molar-refractivity contribution in [3.63, 3.8) is 0 Å². The summed E-state index contributed by atoms with van der Waals surface area (Å²) in [4.78, 5) is 16.0. The number of pyridine rings is 1. The van der Waals surface area contributed by atoms with Crippen LogP contribution < -0.4 is 4.74 Å². The number of hydrogen-bond acceptors (Lipinski definition) is 3. The Morgan fingerprint density at radius 3 is 2.78 bits per heavy atom. The molecule has 0 fully saturated rings. The minimum absolute atomic E-state index is 0.0821. The molecule has 0 saturated carbocycles. The topological polar surface area (TPSA) is 39.2 Å². The first-order valence-corrected chi connectivity index (χ1v) is 5.50. The smallest absolute Gasteiger partial charge is 0.212 e. The average molecular weight is 266 g/mol. The fraction of sp³-hybridized carbons (Fsp3) is 0.0769. The summed E-state index contributed by atoms with van der Waals surface area (Å²) in [6.07, 6.45) is 1.46. The Balaban J connectivity index is 2.41. The van der Waals surface area contributed by atoms with Gasteiger partial charge in [0.25, 0.3) is 0 Å². The van der Waals surface area contributed by atoms with E-state index in [1.54, 1.807) is 12.1 Å². The van der Waals surface area contributed by atoms with E-state index >= 15 is 0 Å². The molecule has 0 aliphatic rings. The fourth-order valence-corrected chi connectivity index (χ4v) is 1.70. The molecule has 5 heteroatoms. The molecular weight excluding hydrogens is 257 g/mol. The molecule has 0 aliphatic carbocycles. The Kier molecular flexibility index (Phi) is 3.58. The zero-order valence-electron chi connectivity index (χ0n) is 9.48. The highest BCUT2D eigenvalue weighted by molar-refractivity contribution is 6.34. The molecular formula is C13H9ClFNO2. The van der Waals surface area contributed by atoms with Gasteiger partial charge in [0.15, 0.2) is 11.6 Å². The molecule has 0 bridgehead atoms. The zero-order valence-corrected chi connectivity index (χ0v) is 10.2. The van der Waals surface area contributed by atoms with Gasteiger partial charge in [-0.05, 0) is 30.3 Å². The van der Waals surface area contributed by atoms with Gasteiger partial charge >= 0.3 is 0 Å². The second-order valence-corrected chi connectivity index (χ2v) is 3.92. The maximum atomic E-state index is 13.5. The molecule has 2 rings (SSSR count). The van der Waals surface area contributed by atoms with Gasteiger partial charge in [0.1, 0.15) is 5.69 Å². The number of methoxy groups -OCH3 is 1. The number of ether oxygens (including phenoxy) is 1. The number of nitrogens with zero attached hydrogens (tertiary/aromatic N) is 1. The van der Waals surface area contributed by atoms with E-state index in [0.717, 1.165) is 6.07 Å². The van der Waals surface area contributed by atoms with E-state index in [4.69, 9.17) is 16.3 Å². The van der Waals surface area contributed by atoms with E-state index < -0.39 is 11.6 Å². The van der Waals surface area contributed by atoms with Gasteiger partial charge in [-0.3, -0.25) is 9.78 Å². The number of carbonyl (C=O) groups is 1. The van der Waals surface area contributed by atoms with E-state index in [1.807, 2.05) is 0 Å². The molecule has 92 valence electrons. The van der Waals surface area contributed by atoms with Gasteiger partial charge in [-0.1, -0.05) is 11.6 Å². The number of halogens is 2. The van der Waals surface area contributed by atoms with Gasteiger partial charge in [-0.15, -0.1) is 0 Å². The molecule has 0 aliphatic heterocycles. The molecule has 0 atom stereocenters. The first-order chi connectivity index (χ1) is 8.63. The molecule has 3 nitrogen and oxygen atoms in total. The molecule has 1 heterocycles. The monoisotopic (exact) mass is 265 g/mol. The minimum Gasteiger partial charge on any atom is -0.494 e. The molecule has 1 aromatic heterocycles. The second-order valence-electron chi connectivity index (χ2n) is 3.51. The summed E-state index contributed by atoms with van der Waals surface area (Å²) in [5, 5.41) is 0.235. The quantitative estimate of drug-likeness (QED) is 0.801. The Bertz CT molecular complexity index is 601. The number of hydrogen-bond donors (Lipinski definition) is 0. The minimum atomic E-state index is -0.601. The van der Waals surface area contributed by atoms with Crippen molar-refractivity contribution in [2.75, 3.05) is 7.11 Å². The van der Waals surface area contributed by atoms with Crippen molar-refractivity contribution >= 4 is 17.4 Å². The van der Waals surface area contributed by atoms with Gasteiger partial charge in [0.05, 0.1) is 12.1 Å². The number of rotatable bonds is 3. The third kappa shape index (κ3) is 2.33. The Hall–Kier alpha value is -1.94. The van der Waals surface area contributed by atoms with Crippen LogP contribution in [0.3, 0.4) is 0 Å². The lowest BCUT2D eigenvalue weighted by Gasteiger charge is -2.05. The van der Waals surface area contributed by atoms with Crippen molar-refractivity contribution in [3.05, 3.63) is 58.6 Å². The Labute approximate surface area is 108 Å². The third-order valence-corrected chi connectivity index (χ3v) is 2.69. The lowest BCUT2D eigenvalue weighted by molar-refractivity contribution is 0.103. The number of carbonyl (C=O) groups excluding carboxylic acids is 1. The van der Waals surface area contributed by atoms with Gasteiger partial charge in [0, 0.05) is 11.8 Å². The van der Waals surface area contributed by atoms with Crippen LogP contribution in [0.5, 0.6) is 5.75 Å². The van der Waals surface area contributed by atoms with Crippen LogP contribution in [0.1, 0.15) is 16.1 Å². The van der Waals surface area contributed by atoms with Crippen molar-refractivity contribution in [2.45, 2.75) is 0 Å². The molecule has 1 aromatic carbocycles. The number of benzene rings is 1. The Morgan fingerprint density at radius 1 is 1.39 bits per heavy atom. The lowest BCUT2D eigenvalue weighted by Crippen LogP contribution is -2.05. The summed E-state index contributed by atoms with van der Waals surface area (Å²) in [6.45, 7) is 0. The highest BCUT2D eigenvalue weighted by Crippen LogP contribution is 2.21. The largest absolute Gasteiger partial charge is 0.494 e. The molecule has 2 aromatic rings. The molecule has 0 saturated heterocycles. The van der Waals surface area contributed by atoms with Crippen LogP contribution in [0.4, 0.5) is 4.39 Å². The second kappa shape index (κ2) is 5.14. The van der Waals surface area contributed by atoms with E-state index in [-0.39, 0.29) is 22.0 Å². The summed E-state index contributed by atoms with van der Waals surface area (Å²) < 4.78 is 18.3. The first-order valence-electron chi connectivity index (χ1n) is 5.12. The summed E-state index contributed by atoms with van der Waals surface area (Å²) in [6, 6.07) is 7.14. The van der Waals surface area contributed by atoms with Crippen LogP contribution in [0.2, 0.25) is 5.02 Å². The van der Waals surface area contributed by atoms with E-state index in [9.17, 15) is 9.18 Å². The number of aromatic nitrogens is 1. The van der Waals surface area contributed by atoms with Crippen LogP contribution in [0, 0.1) is 5.82 Å². The normalized spacial score (nSPS) is 10.2. The standard InChI is InChI=1S/C13H9ClFNO2/c1-18-11-5-4-8(7-10(11)15)13(17)12-9(14)3-2-6-16-12/h2-7H,1H3. The van der Waals surface area contributed by atoms with Crippen LogP contribution in [0.25, 0.3) is 0 Å². The predicted molar refractivity (Wildman–Crippen MR) is 65.6 cm³/mol. The summed E-state index contributed by atoms with van der Waals surface area (Å²) >= 11 is 5.87. The van der Waals surface area contributed by atoms with Crippen molar-refractivity contribution in [1.82, 2.24) is 4.98 Å². The van der Waals surface area contributed by atoms with Crippen molar-refractivity contribution in [3.8, 4) is 5.75 Å². The van der Waals surface area contributed by atoms with Crippen LogP contribution >= 0.6 is 11.6 Å². The zero-order chi connectivity index (χ0) is 13.1. The SMILES string of the molecule is COc1ccc(C(=O)c2ncccc2Cl)cc1F. The lowest BCUT2D eigenvalue weighted by atomic mass is 10.1. The van der Waals surface area contributed by atoms with Gasteiger partial charge < -0.3 is 4.74 Å². The predicted octanol–water partition coefficient (Wildman–Crippen LogP) is 3.11. The summed E-state index contributed by atoms with van der Waals surface area (Å²) in [5.74, 6) is -0.948. The summed E-state index contributed by atoms with van der Waals surface area (Å²) in [5.41, 5.74) is 0.276. The third-order valence-electron chi connectivity index (χ3n) is 2.39. The van der Waals surface area contributed by atoms with E-state index in [1.165, 1.54) is 25.4 Å². The van der Waals surface area contributed by atoms with E-state index in [0.29, 0.717) is 0 Å². The van der Waals surface area contributed by atoms with Crippen LogP contribution in [-0.2, 0) is 0 Å². The Morgan fingerprint density at radius 2 is 2.17 bits per heavy atom. The summed E-state index contributed by atoms with van der Waals surface area (Å²) in [7, 11) is 1.36. The molecule has 0 radical (unpaired) electrons. The molecule has 18 heavy (non-hydrogen) atoms. The molecule has 0 N–H and O–H groups in total. The average Bonchev–Trinajstić information content (AvgIpc) is 2.38. The van der Waals surface area contributed by atoms with Crippen molar-refractivity contribution in [1.29, 1.82) is 0 Å². The van der Waals surface area contributed by atoms with Gasteiger partial charge in [-0.25, -0.2) is 4.39 Å². The fourth-order valence-electron chi connectivity index (χ4n) is 1.50. The molecule has 0 spiro atoms. The molecule has 0 unspecified atom stereocenters.